The maximum atomic E-state index is 12.4. The molecule has 1 amide bonds. The standard InChI is InChI=1S/C17H27N3O/c1-3-9-19(2)13-17(21)20-11-15(10-18)16(12-20)14-7-5-4-6-8-14/h4-8,15-16H,3,9-13,18H2,1-2H3/t15-,16+/m1/s1. The van der Waals surface area contributed by atoms with Crippen molar-refractivity contribution in [3.05, 3.63) is 35.9 Å². The first-order valence-electron chi connectivity index (χ1n) is 7.87. The Balaban J connectivity index is 2.00. The van der Waals surface area contributed by atoms with E-state index in [0.29, 0.717) is 24.9 Å². The van der Waals surface area contributed by atoms with Crippen LogP contribution in [0.1, 0.15) is 24.8 Å². The fourth-order valence-electron chi connectivity index (χ4n) is 3.18. The van der Waals surface area contributed by atoms with Crippen LogP contribution in [-0.4, -0.2) is 55.5 Å². The van der Waals surface area contributed by atoms with Gasteiger partial charge in [0.25, 0.3) is 0 Å². The van der Waals surface area contributed by atoms with Crippen LogP contribution in [0, 0.1) is 5.92 Å². The van der Waals surface area contributed by atoms with Crippen molar-refractivity contribution in [1.29, 1.82) is 0 Å². The Labute approximate surface area is 127 Å². The van der Waals surface area contributed by atoms with Crippen LogP contribution in [0.2, 0.25) is 0 Å². The first kappa shape index (κ1) is 16.0. The Morgan fingerprint density at radius 3 is 2.67 bits per heavy atom. The molecule has 1 fully saturated rings. The Hall–Kier alpha value is -1.39. The Bertz CT molecular complexity index is 449. The van der Waals surface area contributed by atoms with Gasteiger partial charge in [0.05, 0.1) is 6.54 Å². The lowest BCUT2D eigenvalue weighted by Crippen LogP contribution is -2.38. The maximum Gasteiger partial charge on any atom is 0.236 e. The summed E-state index contributed by atoms with van der Waals surface area (Å²) in [7, 11) is 2.01. The minimum Gasteiger partial charge on any atom is -0.341 e. The first-order chi connectivity index (χ1) is 10.2. The lowest BCUT2D eigenvalue weighted by atomic mass is 9.89. The van der Waals surface area contributed by atoms with Crippen molar-refractivity contribution in [2.75, 3.05) is 39.8 Å². The number of rotatable bonds is 6. The number of hydrogen-bond donors (Lipinski definition) is 1. The number of likely N-dealkylation sites (tertiary alicyclic amines) is 1. The number of likely N-dealkylation sites (N-methyl/N-ethyl adjacent to an activating group) is 1. The molecule has 21 heavy (non-hydrogen) atoms. The molecular formula is C17H27N3O. The van der Waals surface area contributed by atoms with Gasteiger partial charge in [-0.05, 0) is 38.0 Å². The highest BCUT2D eigenvalue weighted by atomic mass is 16.2. The van der Waals surface area contributed by atoms with Crippen molar-refractivity contribution >= 4 is 5.91 Å². The van der Waals surface area contributed by atoms with E-state index < -0.39 is 0 Å². The van der Waals surface area contributed by atoms with Crippen LogP contribution in [0.15, 0.2) is 30.3 Å². The molecule has 2 N–H and O–H groups in total. The summed E-state index contributed by atoms with van der Waals surface area (Å²) in [5, 5.41) is 0. The molecule has 4 heteroatoms. The van der Waals surface area contributed by atoms with Gasteiger partial charge in [-0.2, -0.15) is 0 Å². The van der Waals surface area contributed by atoms with Crippen LogP contribution in [0.25, 0.3) is 0 Å². The van der Waals surface area contributed by atoms with E-state index >= 15 is 0 Å². The maximum absolute atomic E-state index is 12.4. The van der Waals surface area contributed by atoms with Crippen LogP contribution in [0.5, 0.6) is 0 Å². The Morgan fingerprint density at radius 1 is 1.33 bits per heavy atom. The van der Waals surface area contributed by atoms with Gasteiger partial charge in [0.1, 0.15) is 0 Å². The molecule has 0 radical (unpaired) electrons. The van der Waals surface area contributed by atoms with Gasteiger partial charge in [0, 0.05) is 19.0 Å². The molecule has 1 aromatic carbocycles. The van der Waals surface area contributed by atoms with E-state index in [-0.39, 0.29) is 5.91 Å². The Kier molecular flexibility index (Phi) is 5.76. The fraction of sp³-hybridized carbons (Fsp3) is 0.588. The summed E-state index contributed by atoms with van der Waals surface area (Å²) in [4.78, 5) is 16.5. The number of carbonyl (C=O) groups excluding carboxylic acids is 1. The van der Waals surface area contributed by atoms with E-state index in [9.17, 15) is 4.79 Å². The molecule has 2 atom stereocenters. The highest BCUT2D eigenvalue weighted by Crippen LogP contribution is 2.31. The van der Waals surface area contributed by atoms with Gasteiger partial charge >= 0.3 is 0 Å². The summed E-state index contributed by atoms with van der Waals surface area (Å²) in [5.74, 6) is 0.965. The van der Waals surface area contributed by atoms with Crippen molar-refractivity contribution in [1.82, 2.24) is 9.80 Å². The van der Waals surface area contributed by atoms with E-state index in [1.165, 1.54) is 5.56 Å². The second-order valence-corrected chi connectivity index (χ2v) is 6.05. The summed E-state index contributed by atoms with van der Waals surface area (Å²) in [5.41, 5.74) is 7.22. The first-order valence-corrected chi connectivity index (χ1v) is 7.87. The minimum atomic E-state index is 0.225. The molecule has 0 bridgehead atoms. The van der Waals surface area contributed by atoms with E-state index in [2.05, 4.69) is 36.1 Å². The molecule has 1 aromatic rings. The summed E-state index contributed by atoms with van der Waals surface area (Å²) in [6, 6.07) is 10.4. The zero-order valence-electron chi connectivity index (χ0n) is 13.2. The molecule has 0 aromatic heterocycles. The summed E-state index contributed by atoms with van der Waals surface area (Å²) in [6.45, 7) is 5.81. The number of benzene rings is 1. The second-order valence-electron chi connectivity index (χ2n) is 6.05. The molecule has 1 saturated heterocycles. The van der Waals surface area contributed by atoms with Crippen LogP contribution in [0.3, 0.4) is 0 Å². The molecule has 0 unspecified atom stereocenters. The van der Waals surface area contributed by atoms with Crippen LogP contribution in [-0.2, 0) is 4.79 Å². The van der Waals surface area contributed by atoms with E-state index in [4.69, 9.17) is 5.73 Å². The van der Waals surface area contributed by atoms with Crippen molar-refractivity contribution in [3.63, 3.8) is 0 Å². The SMILES string of the molecule is CCCN(C)CC(=O)N1C[C@@H](CN)[C@H](c2ccccc2)C1. The van der Waals surface area contributed by atoms with E-state index in [1.807, 2.05) is 18.0 Å². The van der Waals surface area contributed by atoms with E-state index in [1.54, 1.807) is 0 Å². The lowest BCUT2D eigenvalue weighted by molar-refractivity contribution is -0.131. The van der Waals surface area contributed by atoms with Gasteiger partial charge in [0.15, 0.2) is 0 Å². The second kappa shape index (κ2) is 7.57. The molecule has 1 aliphatic rings. The summed E-state index contributed by atoms with van der Waals surface area (Å²) < 4.78 is 0. The van der Waals surface area contributed by atoms with Gasteiger partial charge in [-0.15, -0.1) is 0 Å². The van der Waals surface area contributed by atoms with Gasteiger partial charge < -0.3 is 10.6 Å². The van der Waals surface area contributed by atoms with Gasteiger partial charge in [-0.25, -0.2) is 0 Å². The summed E-state index contributed by atoms with van der Waals surface area (Å²) in [6.07, 6.45) is 1.07. The normalized spacial score (nSPS) is 22.0. The zero-order chi connectivity index (χ0) is 15.2. The minimum absolute atomic E-state index is 0.225. The van der Waals surface area contributed by atoms with Crippen molar-refractivity contribution < 1.29 is 4.79 Å². The third-order valence-corrected chi connectivity index (χ3v) is 4.33. The van der Waals surface area contributed by atoms with Crippen molar-refractivity contribution in [2.45, 2.75) is 19.3 Å². The number of nitrogens with two attached hydrogens (primary N) is 1. The third kappa shape index (κ3) is 4.05. The van der Waals surface area contributed by atoms with Crippen LogP contribution >= 0.6 is 0 Å². The van der Waals surface area contributed by atoms with Crippen LogP contribution < -0.4 is 5.73 Å². The number of amides is 1. The molecule has 116 valence electrons. The third-order valence-electron chi connectivity index (χ3n) is 4.33. The monoisotopic (exact) mass is 289 g/mol. The highest BCUT2D eigenvalue weighted by Gasteiger charge is 2.35. The number of carbonyl (C=O) groups is 1. The highest BCUT2D eigenvalue weighted by molar-refractivity contribution is 5.78. The molecule has 1 aliphatic heterocycles. The smallest absolute Gasteiger partial charge is 0.236 e. The molecule has 2 rings (SSSR count). The quantitative estimate of drug-likeness (QED) is 0.864. The molecule has 4 nitrogen and oxygen atoms in total. The molecular weight excluding hydrogens is 262 g/mol. The van der Waals surface area contributed by atoms with Crippen molar-refractivity contribution in [3.8, 4) is 0 Å². The topological polar surface area (TPSA) is 49.6 Å². The van der Waals surface area contributed by atoms with Crippen LogP contribution in [0.4, 0.5) is 0 Å². The lowest BCUT2D eigenvalue weighted by Gasteiger charge is -2.21. The van der Waals surface area contributed by atoms with Gasteiger partial charge in [-0.1, -0.05) is 37.3 Å². The fourth-order valence-corrected chi connectivity index (χ4v) is 3.18. The van der Waals surface area contributed by atoms with Gasteiger partial charge in [0.2, 0.25) is 5.91 Å². The van der Waals surface area contributed by atoms with E-state index in [0.717, 1.165) is 26.1 Å². The Morgan fingerprint density at radius 2 is 2.05 bits per heavy atom. The average Bonchev–Trinajstić information content (AvgIpc) is 2.92. The van der Waals surface area contributed by atoms with Gasteiger partial charge in [-0.3, -0.25) is 9.69 Å². The summed E-state index contributed by atoms with van der Waals surface area (Å²) >= 11 is 0. The zero-order valence-corrected chi connectivity index (χ0v) is 13.2. The molecule has 0 aliphatic carbocycles. The van der Waals surface area contributed by atoms with Crippen molar-refractivity contribution in [2.24, 2.45) is 11.7 Å². The predicted molar refractivity (Wildman–Crippen MR) is 86.1 cm³/mol. The largest absolute Gasteiger partial charge is 0.341 e. The average molecular weight is 289 g/mol. The molecule has 0 spiro atoms. The number of nitrogens with zero attached hydrogens (tertiary/aromatic N) is 2. The molecule has 1 heterocycles. The molecule has 0 saturated carbocycles. The predicted octanol–water partition coefficient (Wildman–Crippen LogP) is 1.53. The number of hydrogen-bond acceptors (Lipinski definition) is 3.